The van der Waals surface area contributed by atoms with Gasteiger partial charge in [-0.2, -0.15) is 0 Å². The van der Waals surface area contributed by atoms with Crippen LogP contribution in [-0.4, -0.2) is 6.04 Å². The molecule has 1 aromatic heterocycles. The van der Waals surface area contributed by atoms with Crippen molar-refractivity contribution in [1.29, 1.82) is 0 Å². The Labute approximate surface area is 113 Å². The van der Waals surface area contributed by atoms with E-state index < -0.39 is 0 Å². The Hall–Kier alpha value is -1.41. The number of benzene rings is 1. The first-order chi connectivity index (χ1) is 8.65. The molecule has 0 fully saturated rings. The van der Waals surface area contributed by atoms with E-state index in [-0.39, 0.29) is 0 Å². The normalized spacial score (nSPS) is 12.4. The summed E-state index contributed by atoms with van der Waals surface area (Å²) in [6.45, 7) is 4.22. The first kappa shape index (κ1) is 13.0. The summed E-state index contributed by atoms with van der Waals surface area (Å²) >= 11 is 6.16. The van der Waals surface area contributed by atoms with Crippen LogP contribution < -0.4 is 5.32 Å². The predicted octanol–water partition coefficient (Wildman–Crippen LogP) is 4.67. The number of halogens is 1. The monoisotopic (exact) mass is 263 g/mol. The topological polar surface area (TPSA) is 25.2 Å². The Morgan fingerprint density at radius 1 is 1.33 bits per heavy atom. The number of nitrogens with one attached hydrogen (secondary N) is 1. The minimum atomic E-state index is 0.356. The summed E-state index contributed by atoms with van der Waals surface area (Å²) in [4.78, 5) is 0. The molecule has 0 saturated heterocycles. The van der Waals surface area contributed by atoms with Gasteiger partial charge in [0.2, 0.25) is 0 Å². The van der Waals surface area contributed by atoms with Crippen LogP contribution in [0.1, 0.15) is 24.7 Å². The highest BCUT2D eigenvalue weighted by Crippen LogP contribution is 2.24. The minimum absolute atomic E-state index is 0.356. The smallest absolute Gasteiger partial charge is 0.103 e. The second-order valence-electron chi connectivity index (χ2n) is 4.65. The third-order valence-electron chi connectivity index (χ3n) is 2.93. The van der Waals surface area contributed by atoms with Crippen LogP contribution in [0.3, 0.4) is 0 Å². The third-order valence-corrected chi connectivity index (χ3v) is 3.26. The van der Waals surface area contributed by atoms with Gasteiger partial charge in [0.1, 0.15) is 5.76 Å². The summed E-state index contributed by atoms with van der Waals surface area (Å²) in [6, 6.07) is 10.3. The highest BCUT2D eigenvalue weighted by molar-refractivity contribution is 6.33. The summed E-state index contributed by atoms with van der Waals surface area (Å²) in [7, 11) is 0. The molecule has 1 N–H and O–H groups in total. The van der Waals surface area contributed by atoms with Gasteiger partial charge in [-0.25, -0.2) is 0 Å². The largest absolute Gasteiger partial charge is 0.469 e. The fraction of sp³-hybridized carbons (Fsp3) is 0.333. The maximum atomic E-state index is 6.16. The van der Waals surface area contributed by atoms with Gasteiger partial charge in [-0.1, -0.05) is 17.7 Å². The highest BCUT2D eigenvalue weighted by Gasteiger charge is 2.07. The molecule has 1 atom stereocenters. The molecule has 0 aliphatic heterocycles. The van der Waals surface area contributed by atoms with Gasteiger partial charge in [-0.3, -0.25) is 0 Å². The molecule has 2 aromatic rings. The summed E-state index contributed by atoms with van der Waals surface area (Å²) in [6.07, 6.45) is 3.66. The van der Waals surface area contributed by atoms with E-state index in [0.717, 1.165) is 29.3 Å². The molecule has 1 heterocycles. The third kappa shape index (κ3) is 3.54. The first-order valence-corrected chi connectivity index (χ1v) is 6.58. The van der Waals surface area contributed by atoms with Crippen molar-refractivity contribution in [3.63, 3.8) is 0 Å². The molecule has 0 aliphatic carbocycles. The van der Waals surface area contributed by atoms with Gasteiger partial charge in [0.15, 0.2) is 0 Å². The number of rotatable bonds is 5. The van der Waals surface area contributed by atoms with Crippen molar-refractivity contribution in [3.8, 4) is 0 Å². The van der Waals surface area contributed by atoms with Crippen molar-refractivity contribution >= 4 is 17.3 Å². The molecular weight excluding hydrogens is 246 g/mol. The molecule has 0 spiro atoms. The zero-order valence-electron chi connectivity index (χ0n) is 10.7. The Morgan fingerprint density at radius 2 is 2.17 bits per heavy atom. The van der Waals surface area contributed by atoms with E-state index in [2.05, 4.69) is 25.2 Å². The lowest BCUT2D eigenvalue weighted by Crippen LogP contribution is -2.16. The van der Waals surface area contributed by atoms with Gasteiger partial charge in [-0.05, 0) is 50.1 Å². The van der Waals surface area contributed by atoms with Crippen LogP contribution in [0.2, 0.25) is 5.02 Å². The van der Waals surface area contributed by atoms with Crippen molar-refractivity contribution in [2.24, 2.45) is 0 Å². The number of hydrogen-bond acceptors (Lipinski definition) is 2. The molecule has 0 radical (unpaired) electrons. The summed E-state index contributed by atoms with van der Waals surface area (Å²) in [5, 5.41) is 4.21. The van der Waals surface area contributed by atoms with Crippen LogP contribution in [0.15, 0.2) is 41.0 Å². The van der Waals surface area contributed by atoms with E-state index in [1.54, 1.807) is 6.26 Å². The molecular formula is C15H18ClNO. The molecule has 2 nitrogen and oxygen atoms in total. The SMILES string of the molecule is Cc1ccc(Cl)c(NC(C)CCc2ccco2)c1. The van der Waals surface area contributed by atoms with Crippen molar-refractivity contribution in [2.75, 3.05) is 5.32 Å². The Morgan fingerprint density at radius 3 is 2.89 bits per heavy atom. The van der Waals surface area contributed by atoms with Crippen molar-refractivity contribution < 1.29 is 4.42 Å². The standard InChI is InChI=1S/C15H18ClNO/c1-11-5-8-14(16)15(10-11)17-12(2)6-7-13-4-3-9-18-13/h3-5,8-10,12,17H,6-7H2,1-2H3. The zero-order chi connectivity index (χ0) is 13.0. The number of furan rings is 1. The van der Waals surface area contributed by atoms with E-state index in [1.165, 1.54) is 5.56 Å². The molecule has 18 heavy (non-hydrogen) atoms. The maximum absolute atomic E-state index is 6.16. The fourth-order valence-electron chi connectivity index (χ4n) is 1.90. The molecule has 96 valence electrons. The van der Waals surface area contributed by atoms with E-state index in [0.29, 0.717) is 6.04 Å². The minimum Gasteiger partial charge on any atom is -0.469 e. The zero-order valence-corrected chi connectivity index (χ0v) is 11.5. The Balaban J connectivity index is 1.90. The van der Waals surface area contributed by atoms with Gasteiger partial charge in [0.05, 0.1) is 17.0 Å². The Bertz CT molecular complexity index is 493. The van der Waals surface area contributed by atoms with Crippen molar-refractivity contribution in [1.82, 2.24) is 0 Å². The lowest BCUT2D eigenvalue weighted by atomic mass is 10.1. The maximum Gasteiger partial charge on any atom is 0.103 e. The molecule has 3 heteroatoms. The summed E-state index contributed by atoms with van der Waals surface area (Å²) in [5.41, 5.74) is 2.21. The predicted molar refractivity (Wildman–Crippen MR) is 76.3 cm³/mol. The molecule has 0 saturated carbocycles. The number of anilines is 1. The summed E-state index contributed by atoms with van der Waals surface area (Å²) in [5.74, 6) is 1.03. The number of hydrogen-bond donors (Lipinski definition) is 1. The molecule has 1 aromatic carbocycles. The van der Waals surface area contributed by atoms with E-state index >= 15 is 0 Å². The van der Waals surface area contributed by atoms with E-state index in [9.17, 15) is 0 Å². The first-order valence-electron chi connectivity index (χ1n) is 6.20. The van der Waals surface area contributed by atoms with Gasteiger partial charge in [0.25, 0.3) is 0 Å². The fourth-order valence-corrected chi connectivity index (χ4v) is 2.07. The molecule has 0 amide bonds. The Kier molecular flexibility index (Phi) is 4.32. The van der Waals surface area contributed by atoms with Gasteiger partial charge in [-0.15, -0.1) is 0 Å². The highest BCUT2D eigenvalue weighted by atomic mass is 35.5. The van der Waals surface area contributed by atoms with Crippen molar-refractivity contribution in [2.45, 2.75) is 32.7 Å². The molecule has 0 aliphatic rings. The lowest BCUT2D eigenvalue weighted by molar-refractivity contribution is 0.495. The molecule has 2 rings (SSSR count). The van der Waals surface area contributed by atoms with Crippen molar-refractivity contribution in [3.05, 3.63) is 52.9 Å². The number of aryl methyl sites for hydroxylation is 2. The quantitative estimate of drug-likeness (QED) is 0.848. The molecule has 0 bridgehead atoms. The van der Waals surface area contributed by atoms with E-state index in [1.807, 2.05) is 24.3 Å². The average molecular weight is 264 g/mol. The lowest BCUT2D eigenvalue weighted by Gasteiger charge is -2.16. The van der Waals surface area contributed by atoms with Gasteiger partial charge >= 0.3 is 0 Å². The summed E-state index contributed by atoms with van der Waals surface area (Å²) < 4.78 is 5.32. The van der Waals surface area contributed by atoms with Crippen LogP contribution in [0.4, 0.5) is 5.69 Å². The van der Waals surface area contributed by atoms with Crippen LogP contribution >= 0.6 is 11.6 Å². The van der Waals surface area contributed by atoms with Crippen LogP contribution in [0.25, 0.3) is 0 Å². The molecule has 1 unspecified atom stereocenters. The van der Waals surface area contributed by atoms with Crippen LogP contribution in [-0.2, 0) is 6.42 Å². The second-order valence-corrected chi connectivity index (χ2v) is 5.05. The van der Waals surface area contributed by atoms with Crippen LogP contribution in [0, 0.1) is 6.92 Å². The van der Waals surface area contributed by atoms with Gasteiger partial charge in [0, 0.05) is 12.5 Å². The van der Waals surface area contributed by atoms with Gasteiger partial charge < -0.3 is 9.73 Å². The average Bonchev–Trinajstić information content (AvgIpc) is 2.84. The van der Waals surface area contributed by atoms with Crippen LogP contribution in [0.5, 0.6) is 0 Å². The van der Waals surface area contributed by atoms with E-state index in [4.69, 9.17) is 16.0 Å². The second kappa shape index (κ2) is 5.96.